The fourth-order valence-electron chi connectivity index (χ4n) is 2.30. The van der Waals surface area contributed by atoms with Crippen LogP contribution < -0.4 is 10.6 Å². The SMILES string of the molecule is CCC1(C(=O)Nc2cc(Br)ccc2F)CCCN1.Cl. The van der Waals surface area contributed by atoms with Crippen LogP contribution in [0.3, 0.4) is 0 Å². The van der Waals surface area contributed by atoms with E-state index in [1.54, 1.807) is 12.1 Å². The van der Waals surface area contributed by atoms with Crippen molar-refractivity contribution in [1.29, 1.82) is 0 Å². The molecule has 1 amide bonds. The summed E-state index contributed by atoms with van der Waals surface area (Å²) in [5.74, 6) is -0.574. The molecule has 1 saturated heterocycles. The van der Waals surface area contributed by atoms with E-state index in [4.69, 9.17) is 0 Å². The second-order valence-electron chi connectivity index (χ2n) is 4.54. The molecule has 1 aromatic rings. The Kier molecular flexibility index (Phi) is 5.77. The summed E-state index contributed by atoms with van der Waals surface area (Å²) < 4.78 is 14.3. The molecule has 19 heavy (non-hydrogen) atoms. The van der Waals surface area contributed by atoms with E-state index in [2.05, 4.69) is 26.6 Å². The van der Waals surface area contributed by atoms with Gasteiger partial charge >= 0.3 is 0 Å². The maximum Gasteiger partial charge on any atom is 0.244 e. The quantitative estimate of drug-likeness (QED) is 0.875. The topological polar surface area (TPSA) is 41.1 Å². The highest BCUT2D eigenvalue weighted by atomic mass is 79.9. The summed E-state index contributed by atoms with van der Waals surface area (Å²) in [5, 5.41) is 5.91. The molecule has 0 radical (unpaired) electrons. The molecular formula is C13H17BrClFN2O. The van der Waals surface area contributed by atoms with Crippen LogP contribution in [0.1, 0.15) is 26.2 Å². The lowest BCUT2D eigenvalue weighted by atomic mass is 9.93. The molecule has 1 unspecified atom stereocenters. The Morgan fingerprint density at radius 3 is 2.89 bits per heavy atom. The fraction of sp³-hybridized carbons (Fsp3) is 0.462. The van der Waals surface area contributed by atoms with Gasteiger partial charge in [0.15, 0.2) is 0 Å². The Morgan fingerprint density at radius 2 is 2.32 bits per heavy atom. The molecule has 0 aromatic heterocycles. The molecule has 0 spiro atoms. The summed E-state index contributed by atoms with van der Waals surface area (Å²) >= 11 is 3.27. The number of carbonyl (C=O) groups excluding carboxylic acids is 1. The van der Waals surface area contributed by atoms with E-state index >= 15 is 0 Å². The van der Waals surface area contributed by atoms with Crippen LogP contribution in [-0.2, 0) is 4.79 Å². The number of anilines is 1. The second kappa shape index (κ2) is 6.68. The second-order valence-corrected chi connectivity index (χ2v) is 5.46. The number of hydrogen-bond acceptors (Lipinski definition) is 2. The van der Waals surface area contributed by atoms with E-state index in [9.17, 15) is 9.18 Å². The highest BCUT2D eigenvalue weighted by Crippen LogP contribution is 2.26. The van der Waals surface area contributed by atoms with Crippen molar-refractivity contribution in [2.45, 2.75) is 31.7 Å². The average Bonchev–Trinajstić information content (AvgIpc) is 2.84. The zero-order chi connectivity index (χ0) is 13.2. The molecule has 0 bridgehead atoms. The van der Waals surface area contributed by atoms with Crippen molar-refractivity contribution in [3.8, 4) is 0 Å². The van der Waals surface area contributed by atoms with Crippen molar-refractivity contribution in [3.63, 3.8) is 0 Å². The Bertz CT molecular complexity index is 464. The molecule has 1 fully saturated rings. The average molecular weight is 352 g/mol. The number of benzene rings is 1. The molecule has 2 N–H and O–H groups in total. The number of halogens is 3. The zero-order valence-corrected chi connectivity index (χ0v) is 13.0. The van der Waals surface area contributed by atoms with E-state index in [-0.39, 0.29) is 24.0 Å². The van der Waals surface area contributed by atoms with Gasteiger partial charge in [0, 0.05) is 4.47 Å². The first-order chi connectivity index (χ1) is 8.57. The Balaban J connectivity index is 0.00000180. The third-order valence-electron chi connectivity index (χ3n) is 3.46. The molecule has 106 valence electrons. The summed E-state index contributed by atoms with van der Waals surface area (Å²) in [6.07, 6.45) is 2.47. The van der Waals surface area contributed by atoms with Gasteiger partial charge in [-0.1, -0.05) is 22.9 Å². The summed E-state index contributed by atoms with van der Waals surface area (Å²) in [4.78, 5) is 12.3. The van der Waals surface area contributed by atoms with Gasteiger partial charge in [-0.15, -0.1) is 12.4 Å². The first-order valence-electron chi connectivity index (χ1n) is 6.09. The molecule has 1 aliphatic rings. The van der Waals surface area contributed by atoms with Crippen molar-refractivity contribution in [1.82, 2.24) is 5.32 Å². The summed E-state index contributed by atoms with van der Waals surface area (Å²) in [6.45, 7) is 2.80. The zero-order valence-electron chi connectivity index (χ0n) is 10.6. The van der Waals surface area contributed by atoms with Gasteiger partial charge in [-0.05, 0) is 44.0 Å². The van der Waals surface area contributed by atoms with Gasteiger partial charge in [0.2, 0.25) is 5.91 Å². The monoisotopic (exact) mass is 350 g/mol. The van der Waals surface area contributed by atoms with Gasteiger partial charge in [0.05, 0.1) is 11.2 Å². The number of carbonyl (C=O) groups is 1. The van der Waals surface area contributed by atoms with Crippen LogP contribution >= 0.6 is 28.3 Å². The van der Waals surface area contributed by atoms with Gasteiger partial charge in [0.25, 0.3) is 0 Å². The third-order valence-corrected chi connectivity index (χ3v) is 3.95. The normalized spacial score (nSPS) is 21.8. The lowest BCUT2D eigenvalue weighted by molar-refractivity contribution is -0.122. The molecule has 0 aliphatic carbocycles. The van der Waals surface area contributed by atoms with Gasteiger partial charge in [0.1, 0.15) is 5.82 Å². The summed E-state index contributed by atoms with van der Waals surface area (Å²) in [5.41, 5.74) is -0.328. The van der Waals surface area contributed by atoms with Crippen LogP contribution in [0.2, 0.25) is 0 Å². The smallest absolute Gasteiger partial charge is 0.244 e. The molecule has 1 aliphatic heterocycles. The van der Waals surface area contributed by atoms with Gasteiger partial charge in [-0.3, -0.25) is 4.79 Å². The molecule has 1 atom stereocenters. The minimum Gasteiger partial charge on any atom is -0.322 e. The standard InChI is InChI=1S/C13H16BrFN2O.ClH/c1-2-13(6-3-7-16-13)12(18)17-11-8-9(14)4-5-10(11)15;/h4-5,8,16H,2-3,6-7H2,1H3,(H,17,18);1H. The van der Waals surface area contributed by atoms with Gasteiger partial charge in [-0.25, -0.2) is 4.39 Å². The number of amides is 1. The van der Waals surface area contributed by atoms with Crippen LogP contribution in [-0.4, -0.2) is 18.0 Å². The van der Waals surface area contributed by atoms with Crippen LogP contribution in [0.5, 0.6) is 0 Å². The van der Waals surface area contributed by atoms with Crippen molar-refractivity contribution in [3.05, 3.63) is 28.5 Å². The maximum absolute atomic E-state index is 13.6. The van der Waals surface area contributed by atoms with Crippen LogP contribution in [0.25, 0.3) is 0 Å². The number of rotatable bonds is 3. The highest BCUT2D eigenvalue weighted by Gasteiger charge is 2.39. The molecule has 3 nitrogen and oxygen atoms in total. The van der Waals surface area contributed by atoms with Gasteiger partial charge in [-0.2, -0.15) is 0 Å². The molecule has 0 saturated carbocycles. The number of hydrogen-bond donors (Lipinski definition) is 2. The van der Waals surface area contributed by atoms with E-state index in [1.807, 2.05) is 6.92 Å². The van der Waals surface area contributed by atoms with Gasteiger partial charge < -0.3 is 10.6 Å². The fourth-order valence-corrected chi connectivity index (χ4v) is 2.66. The van der Waals surface area contributed by atoms with Crippen molar-refractivity contribution in [2.75, 3.05) is 11.9 Å². The first-order valence-corrected chi connectivity index (χ1v) is 6.88. The Morgan fingerprint density at radius 1 is 1.58 bits per heavy atom. The Labute approximate surface area is 126 Å². The molecule has 6 heteroatoms. The highest BCUT2D eigenvalue weighted by molar-refractivity contribution is 9.10. The van der Waals surface area contributed by atoms with Crippen molar-refractivity contribution in [2.24, 2.45) is 0 Å². The van der Waals surface area contributed by atoms with E-state index in [0.29, 0.717) is 6.42 Å². The minimum atomic E-state index is -0.547. The van der Waals surface area contributed by atoms with Crippen LogP contribution in [0.4, 0.5) is 10.1 Å². The minimum absolute atomic E-state index is 0. The molecular weight excluding hydrogens is 335 g/mol. The molecule has 1 aromatic carbocycles. The van der Waals surface area contributed by atoms with E-state index in [1.165, 1.54) is 6.07 Å². The largest absolute Gasteiger partial charge is 0.322 e. The predicted molar refractivity (Wildman–Crippen MR) is 80.2 cm³/mol. The van der Waals surface area contributed by atoms with Crippen LogP contribution in [0.15, 0.2) is 22.7 Å². The number of nitrogens with one attached hydrogen (secondary N) is 2. The summed E-state index contributed by atoms with van der Waals surface area (Å²) in [7, 11) is 0. The van der Waals surface area contributed by atoms with E-state index < -0.39 is 11.4 Å². The maximum atomic E-state index is 13.6. The molecule has 2 rings (SSSR count). The lowest BCUT2D eigenvalue weighted by Crippen LogP contribution is -2.50. The van der Waals surface area contributed by atoms with E-state index in [0.717, 1.165) is 23.9 Å². The summed E-state index contributed by atoms with van der Waals surface area (Å²) in [6, 6.07) is 4.51. The van der Waals surface area contributed by atoms with Crippen LogP contribution in [0, 0.1) is 5.82 Å². The predicted octanol–water partition coefficient (Wildman–Crippen LogP) is 3.48. The third kappa shape index (κ3) is 3.46. The Hall–Kier alpha value is -0.650. The lowest BCUT2D eigenvalue weighted by Gasteiger charge is -2.26. The first kappa shape index (κ1) is 16.4. The van der Waals surface area contributed by atoms with Crippen molar-refractivity contribution >= 4 is 39.9 Å². The molecule has 1 heterocycles. The van der Waals surface area contributed by atoms with Crippen molar-refractivity contribution < 1.29 is 9.18 Å².